The van der Waals surface area contributed by atoms with Crippen LogP contribution >= 0.6 is 7.14 Å². The monoisotopic (exact) mass is 610 g/mol. The van der Waals surface area contributed by atoms with Gasteiger partial charge in [-0.3, -0.25) is 9.59 Å². The molecule has 1 fully saturated rings. The number of aromatic amines is 1. The molecule has 0 amide bonds. The van der Waals surface area contributed by atoms with Crippen LogP contribution in [0.4, 0.5) is 16.0 Å². The summed E-state index contributed by atoms with van der Waals surface area (Å²) in [5.74, 6) is 0.428. The Morgan fingerprint density at radius 3 is 2.59 bits per heavy atom. The van der Waals surface area contributed by atoms with Gasteiger partial charge in [0.25, 0.3) is 5.56 Å². The molecule has 3 aromatic carbocycles. The lowest BCUT2D eigenvalue weighted by atomic mass is 9.94. The largest absolute Gasteiger partial charge is 0.325 e. The minimum atomic E-state index is -2.40. The fourth-order valence-corrected chi connectivity index (χ4v) is 9.25. The summed E-state index contributed by atoms with van der Waals surface area (Å²) < 4.78 is 28.8. The normalized spacial score (nSPS) is 18.8. The van der Waals surface area contributed by atoms with Gasteiger partial charge in [0.1, 0.15) is 18.7 Å². The molecule has 0 atom stereocenters. The molecule has 0 spiro atoms. The zero-order chi connectivity index (χ0) is 31.0. The number of allylic oxidation sites excluding steroid dienone is 1. The molecule has 0 saturated carbocycles. The number of halogens is 1. The summed E-state index contributed by atoms with van der Waals surface area (Å²) >= 11 is 0. The van der Waals surface area contributed by atoms with Crippen molar-refractivity contribution in [2.45, 2.75) is 39.5 Å². The molecule has 0 aliphatic carbocycles. The molecule has 0 bridgehead atoms. The highest BCUT2D eigenvalue weighted by Gasteiger charge is 2.33. The van der Waals surface area contributed by atoms with Crippen LogP contribution in [-0.2, 0) is 16.4 Å². The lowest BCUT2D eigenvalue weighted by Crippen LogP contribution is -2.25. The minimum Gasteiger partial charge on any atom is -0.325 e. The van der Waals surface area contributed by atoms with Crippen LogP contribution in [0.2, 0.25) is 0 Å². The zero-order valence-corrected chi connectivity index (χ0v) is 26.1. The molecule has 226 valence electrons. The van der Waals surface area contributed by atoms with Crippen LogP contribution in [0.1, 0.15) is 42.5 Å². The Morgan fingerprint density at radius 2 is 1.86 bits per heavy atom. The number of ketones is 1. The third kappa shape index (κ3) is 5.67. The molecule has 1 saturated heterocycles. The summed E-state index contributed by atoms with van der Waals surface area (Å²) in [6, 6.07) is 18.0. The van der Waals surface area contributed by atoms with Gasteiger partial charge in [0, 0.05) is 48.4 Å². The molecular formula is C35H36FN4O3P. The van der Waals surface area contributed by atoms with Crippen molar-refractivity contribution in [1.29, 1.82) is 0 Å². The van der Waals surface area contributed by atoms with E-state index in [2.05, 4.69) is 10.3 Å². The fourth-order valence-electron chi connectivity index (χ4n) is 6.33. The highest BCUT2D eigenvalue weighted by Crippen LogP contribution is 2.50. The van der Waals surface area contributed by atoms with Crippen molar-refractivity contribution < 1.29 is 13.8 Å². The van der Waals surface area contributed by atoms with Gasteiger partial charge in [-0.2, -0.15) is 0 Å². The van der Waals surface area contributed by atoms with Crippen molar-refractivity contribution in [2.75, 3.05) is 17.6 Å². The maximum atomic E-state index is 13.6. The molecule has 2 N–H and O–H groups in total. The molecule has 9 heteroatoms. The Bertz CT molecular complexity index is 2020. The van der Waals surface area contributed by atoms with Crippen LogP contribution in [0.3, 0.4) is 0 Å². The number of rotatable bonds is 8. The molecular weight excluding hydrogens is 574 g/mol. The second-order valence-corrected chi connectivity index (χ2v) is 15.0. The minimum absolute atomic E-state index is 0.0379. The van der Waals surface area contributed by atoms with Gasteiger partial charge >= 0.3 is 0 Å². The molecule has 1 aliphatic rings. The van der Waals surface area contributed by atoms with Crippen molar-refractivity contribution in [3.8, 4) is 0 Å². The maximum absolute atomic E-state index is 13.6. The summed E-state index contributed by atoms with van der Waals surface area (Å²) in [5.41, 5.74) is 4.29. The number of aromatic nitrogens is 3. The number of anilines is 2. The summed E-state index contributed by atoms with van der Waals surface area (Å²) in [7, 11) is -0.554. The number of aryl methyl sites for hydroxylation is 3. The maximum Gasteiger partial charge on any atom is 0.258 e. The molecule has 6 rings (SSSR count). The molecule has 0 radical (unpaired) electrons. The number of benzene rings is 3. The Kier molecular flexibility index (Phi) is 8.12. The standard InChI is InChI=1S/C35H36FN4O3P/c1-22-21-25(36)13-15-28(22)38-35-39-30-16-14-27-23(2)29(37-34(42)32(27)33(30)40(35)3)11-7-8-12-31(41)24-17-19-44(43,20-18-24)26-9-5-4-6-10-26/h4-7,9-11,13-16,21,24H,8,12,17-20H2,1-3H3,(H,37,42)(H,38,39)/b11-7+. The van der Waals surface area contributed by atoms with Gasteiger partial charge in [0.05, 0.1) is 16.4 Å². The summed E-state index contributed by atoms with van der Waals surface area (Å²) in [5, 5.41) is 5.57. The van der Waals surface area contributed by atoms with Gasteiger partial charge in [0.15, 0.2) is 0 Å². The van der Waals surface area contributed by atoms with E-state index in [4.69, 9.17) is 4.98 Å². The molecule has 3 heterocycles. The van der Waals surface area contributed by atoms with Crippen molar-refractivity contribution in [2.24, 2.45) is 13.0 Å². The number of carbonyl (C=O) groups is 1. The van der Waals surface area contributed by atoms with Crippen molar-refractivity contribution in [1.82, 2.24) is 14.5 Å². The SMILES string of the molecule is Cc1cc(F)ccc1Nc1nc2ccc3c(C)c(/C=C/CCC(=O)C4CCP(=O)(c5ccccc5)CC4)[nH]c(=O)c3c2n1C. The number of Topliss-reactive ketones (excluding diaryl/α,β-unsaturated/α-hetero) is 1. The Morgan fingerprint density at radius 1 is 1.11 bits per heavy atom. The molecule has 44 heavy (non-hydrogen) atoms. The lowest BCUT2D eigenvalue weighted by molar-refractivity contribution is -0.123. The summed E-state index contributed by atoms with van der Waals surface area (Å²) in [6.45, 7) is 3.79. The number of pyridine rings is 1. The zero-order valence-electron chi connectivity index (χ0n) is 25.2. The predicted octanol–water partition coefficient (Wildman–Crippen LogP) is 7.38. The van der Waals surface area contributed by atoms with Crippen LogP contribution in [-0.4, -0.2) is 32.6 Å². The van der Waals surface area contributed by atoms with Crippen LogP contribution in [0.15, 0.2) is 71.5 Å². The molecule has 2 aromatic heterocycles. The van der Waals surface area contributed by atoms with Gasteiger partial charge in [-0.05, 0) is 80.0 Å². The number of H-pyrrole nitrogens is 1. The van der Waals surface area contributed by atoms with E-state index in [1.807, 2.05) is 80.1 Å². The van der Waals surface area contributed by atoms with E-state index in [9.17, 15) is 18.5 Å². The third-order valence-corrected chi connectivity index (χ3v) is 12.2. The Labute approximate surface area is 255 Å². The van der Waals surface area contributed by atoms with E-state index in [1.165, 1.54) is 12.1 Å². The first-order chi connectivity index (χ1) is 21.1. The molecule has 5 aromatic rings. The summed E-state index contributed by atoms with van der Waals surface area (Å²) in [4.78, 5) is 34.1. The number of hydrogen-bond acceptors (Lipinski definition) is 5. The average molecular weight is 611 g/mol. The van der Waals surface area contributed by atoms with E-state index in [0.29, 0.717) is 66.1 Å². The average Bonchev–Trinajstić information content (AvgIpc) is 3.34. The number of nitrogens with zero attached hydrogens (tertiary/aromatic N) is 2. The van der Waals surface area contributed by atoms with Gasteiger partial charge in [-0.15, -0.1) is 0 Å². The predicted molar refractivity (Wildman–Crippen MR) is 177 cm³/mol. The molecule has 1 aliphatic heterocycles. The quantitative estimate of drug-likeness (QED) is 0.179. The lowest BCUT2D eigenvalue weighted by Gasteiger charge is -2.28. The van der Waals surface area contributed by atoms with Crippen LogP contribution < -0.4 is 16.2 Å². The van der Waals surface area contributed by atoms with E-state index >= 15 is 0 Å². The first-order valence-electron chi connectivity index (χ1n) is 15.0. The second-order valence-electron chi connectivity index (χ2n) is 11.8. The van der Waals surface area contributed by atoms with E-state index in [-0.39, 0.29) is 23.1 Å². The van der Waals surface area contributed by atoms with Gasteiger partial charge in [-0.1, -0.05) is 42.5 Å². The number of fused-ring (bicyclic) bond motifs is 3. The molecule has 0 unspecified atom stereocenters. The Hall–Kier alpha value is -4.29. The topological polar surface area (TPSA) is 96.8 Å². The van der Waals surface area contributed by atoms with Gasteiger partial charge in [-0.25, -0.2) is 9.37 Å². The Balaban J connectivity index is 1.15. The van der Waals surface area contributed by atoms with Crippen molar-refractivity contribution >= 4 is 57.7 Å². The number of hydrogen-bond donors (Lipinski definition) is 2. The number of nitrogens with one attached hydrogen (secondary N) is 2. The first kappa shape index (κ1) is 29.8. The van der Waals surface area contributed by atoms with Crippen LogP contribution in [0, 0.1) is 25.6 Å². The van der Waals surface area contributed by atoms with Crippen LogP contribution in [0.5, 0.6) is 0 Å². The first-order valence-corrected chi connectivity index (χ1v) is 17.1. The highest BCUT2D eigenvalue weighted by molar-refractivity contribution is 7.71. The van der Waals surface area contributed by atoms with Crippen molar-refractivity contribution in [3.05, 3.63) is 99.7 Å². The third-order valence-electron chi connectivity index (χ3n) is 8.96. The van der Waals surface area contributed by atoms with Gasteiger partial charge in [0.2, 0.25) is 5.95 Å². The van der Waals surface area contributed by atoms with E-state index < -0.39 is 7.14 Å². The highest BCUT2D eigenvalue weighted by atomic mass is 31.2. The van der Waals surface area contributed by atoms with E-state index in [1.54, 1.807) is 6.07 Å². The fraction of sp³-hybridized carbons (Fsp3) is 0.286. The summed E-state index contributed by atoms with van der Waals surface area (Å²) in [6.07, 6.45) is 7.35. The van der Waals surface area contributed by atoms with Gasteiger partial charge < -0.3 is 19.4 Å². The number of imidazole rings is 1. The molecule has 7 nitrogen and oxygen atoms in total. The second kappa shape index (κ2) is 12.0. The van der Waals surface area contributed by atoms with Crippen molar-refractivity contribution in [3.63, 3.8) is 0 Å². The smallest absolute Gasteiger partial charge is 0.258 e. The van der Waals surface area contributed by atoms with E-state index in [0.717, 1.165) is 27.5 Å². The van der Waals surface area contributed by atoms with Crippen LogP contribution in [0.25, 0.3) is 27.9 Å². The number of carbonyl (C=O) groups excluding carboxylic acids is 1.